The zero-order valence-corrected chi connectivity index (χ0v) is 13.4. The van der Waals surface area contributed by atoms with Crippen molar-refractivity contribution >= 4 is 14.7 Å². The van der Waals surface area contributed by atoms with Gasteiger partial charge in [0.05, 0.1) is 0 Å². The molecule has 0 rings (SSSR count). The lowest BCUT2D eigenvalue weighted by atomic mass is 10.1. The van der Waals surface area contributed by atoms with Gasteiger partial charge in [-0.1, -0.05) is 6.92 Å². The summed E-state index contributed by atoms with van der Waals surface area (Å²) in [7, 11) is -2.19. The predicted molar refractivity (Wildman–Crippen MR) is 75.3 cm³/mol. The van der Waals surface area contributed by atoms with Gasteiger partial charge in [-0.3, -0.25) is 5.32 Å². The molecule has 0 aliphatic heterocycles. The lowest BCUT2D eigenvalue weighted by Crippen LogP contribution is -2.48. The van der Waals surface area contributed by atoms with Gasteiger partial charge in [0.15, 0.2) is 0 Å². The third kappa shape index (κ3) is 7.51. The van der Waals surface area contributed by atoms with Gasteiger partial charge in [0, 0.05) is 13.2 Å². The molecule has 0 spiro atoms. The van der Waals surface area contributed by atoms with Crippen molar-refractivity contribution in [3.63, 3.8) is 0 Å². The van der Waals surface area contributed by atoms with Crippen LogP contribution in [0.5, 0.6) is 0 Å². The number of aliphatic hydroxyl groups is 1. The summed E-state index contributed by atoms with van der Waals surface area (Å²) in [6.07, 6.45) is 0.145. The zero-order chi connectivity index (χ0) is 14.9. The molecule has 7 heteroatoms. The highest BCUT2D eigenvalue weighted by Crippen LogP contribution is 2.22. The second kappa shape index (κ2) is 8.52. The molecule has 0 aromatic rings. The maximum Gasteiger partial charge on any atom is 0.406 e. The second-order valence-electron chi connectivity index (χ2n) is 4.67. The Labute approximate surface area is 116 Å². The Morgan fingerprint density at radius 3 is 2.16 bits per heavy atom. The highest BCUT2D eigenvalue weighted by atomic mass is 28.4. The van der Waals surface area contributed by atoms with E-state index >= 15 is 0 Å². The standard InChI is InChI=1S/C12H27NO5Si/c1-5-12(16,13-11(14)15)9-8-10-19(4,17-6-2)18-7-3/h13,16H,5-10H2,1-4H3,(H,14,15). The van der Waals surface area contributed by atoms with Crippen LogP contribution in [0.15, 0.2) is 0 Å². The molecule has 3 N–H and O–H groups in total. The minimum absolute atomic E-state index is 0.334. The first-order valence-corrected chi connectivity index (χ1v) is 9.34. The number of hydrogen-bond acceptors (Lipinski definition) is 4. The Bertz CT molecular complexity index is 271. The van der Waals surface area contributed by atoms with Gasteiger partial charge in [-0.25, -0.2) is 4.79 Å². The van der Waals surface area contributed by atoms with Crippen molar-refractivity contribution in [1.29, 1.82) is 0 Å². The van der Waals surface area contributed by atoms with Crippen LogP contribution < -0.4 is 5.32 Å². The topological polar surface area (TPSA) is 88.0 Å². The quantitative estimate of drug-likeness (QED) is 0.425. The van der Waals surface area contributed by atoms with Gasteiger partial charge in [0.1, 0.15) is 5.72 Å². The Balaban J connectivity index is 4.32. The normalized spacial score (nSPS) is 15.0. The molecule has 0 saturated carbocycles. The molecule has 0 aromatic carbocycles. The van der Waals surface area contributed by atoms with Crippen LogP contribution in [0, 0.1) is 0 Å². The Morgan fingerprint density at radius 2 is 1.79 bits per heavy atom. The van der Waals surface area contributed by atoms with E-state index in [1.54, 1.807) is 6.92 Å². The van der Waals surface area contributed by atoms with Crippen LogP contribution in [0.25, 0.3) is 0 Å². The third-order valence-corrected chi connectivity index (χ3v) is 6.11. The van der Waals surface area contributed by atoms with Gasteiger partial charge in [-0.15, -0.1) is 0 Å². The maximum absolute atomic E-state index is 10.6. The van der Waals surface area contributed by atoms with Crippen LogP contribution in [-0.2, 0) is 8.85 Å². The molecule has 0 aliphatic rings. The molecule has 0 aliphatic carbocycles. The van der Waals surface area contributed by atoms with Crippen LogP contribution in [-0.4, -0.2) is 43.8 Å². The fourth-order valence-electron chi connectivity index (χ4n) is 2.03. The van der Waals surface area contributed by atoms with Crippen LogP contribution in [0.3, 0.4) is 0 Å². The van der Waals surface area contributed by atoms with E-state index in [1.807, 2.05) is 20.4 Å². The summed E-state index contributed by atoms with van der Waals surface area (Å²) in [4.78, 5) is 10.6. The number of carboxylic acid groups (broad SMARTS) is 1. The summed E-state index contributed by atoms with van der Waals surface area (Å²) in [6.45, 7) is 8.81. The van der Waals surface area contributed by atoms with Gasteiger partial charge < -0.3 is 19.1 Å². The third-order valence-electron chi connectivity index (χ3n) is 3.05. The van der Waals surface area contributed by atoms with Gasteiger partial charge in [-0.05, 0) is 45.7 Å². The number of rotatable bonds is 10. The largest absolute Gasteiger partial charge is 0.465 e. The summed E-state index contributed by atoms with van der Waals surface area (Å²) >= 11 is 0. The van der Waals surface area contributed by atoms with Crippen molar-refractivity contribution in [2.24, 2.45) is 0 Å². The SMILES string of the molecule is CCO[Si](C)(CCCC(O)(CC)NC(=O)O)OCC. The van der Waals surface area contributed by atoms with Crippen LogP contribution in [0.1, 0.15) is 40.0 Å². The monoisotopic (exact) mass is 293 g/mol. The summed E-state index contributed by atoms with van der Waals surface area (Å²) in [5.41, 5.74) is -1.36. The molecule has 0 bridgehead atoms. The smallest absolute Gasteiger partial charge is 0.406 e. The molecular weight excluding hydrogens is 266 g/mol. The van der Waals surface area contributed by atoms with E-state index in [0.29, 0.717) is 32.5 Å². The van der Waals surface area contributed by atoms with E-state index in [1.165, 1.54) is 0 Å². The molecule has 19 heavy (non-hydrogen) atoms. The molecule has 0 aromatic heterocycles. The highest BCUT2D eigenvalue weighted by molar-refractivity contribution is 6.66. The molecule has 1 amide bonds. The van der Waals surface area contributed by atoms with Crippen molar-refractivity contribution in [1.82, 2.24) is 5.32 Å². The van der Waals surface area contributed by atoms with E-state index in [0.717, 1.165) is 6.04 Å². The molecule has 0 heterocycles. The van der Waals surface area contributed by atoms with E-state index < -0.39 is 20.4 Å². The van der Waals surface area contributed by atoms with Gasteiger partial charge in [-0.2, -0.15) is 0 Å². The van der Waals surface area contributed by atoms with E-state index in [2.05, 4.69) is 5.32 Å². The molecule has 114 valence electrons. The average molecular weight is 293 g/mol. The number of nitrogens with one attached hydrogen (secondary N) is 1. The van der Waals surface area contributed by atoms with Crippen molar-refractivity contribution in [2.75, 3.05) is 13.2 Å². The molecule has 1 unspecified atom stereocenters. The first-order chi connectivity index (χ1) is 8.81. The number of amides is 1. The summed E-state index contributed by atoms with van der Waals surface area (Å²) in [5, 5.41) is 20.9. The number of hydrogen-bond donors (Lipinski definition) is 3. The Kier molecular flexibility index (Phi) is 8.24. The first-order valence-electron chi connectivity index (χ1n) is 6.82. The minimum atomic E-state index is -2.19. The average Bonchev–Trinajstić information content (AvgIpc) is 2.28. The maximum atomic E-state index is 10.6. The van der Waals surface area contributed by atoms with Crippen molar-refractivity contribution in [3.8, 4) is 0 Å². The molecular formula is C12H27NO5Si. The van der Waals surface area contributed by atoms with Gasteiger partial charge in [0.25, 0.3) is 0 Å². The van der Waals surface area contributed by atoms with Crippen LogP contribution >= 0.6 is 0 Å². The summed E-state index contributed by atoms with van der Waals surface area (Å²) in [5.74, 6) is 0. The van der Waals surface area contributed by atoms with Crippen LogP contribution in [0.2, 0.25) is 12.6 Å². The van der Waals surface area contributed by atoms with Gasteiger partial charge >= 0.3 is 14.7 Å². The lowest BCUT2D eigenvalue weighted by molar-refractivity contribution is -0.00297. The molecule has 1 atom stereocenters. The predicted octanol–water partition coefficient (Wildman–Crippen LogP) is 2.28. The summed E-state index contributed by atoms with van der Waals surface area (Å²) in [6, 6.07) is 0.734. The second-order valence-corrected chi connectivity index (χ2v) is 8.01. The molecule has 0 radical (unpaired) electrons. The summed E-state index contributed by atoms with van der Waals surface area (Å²) < 4.78 is 11.4. The molecule has 6 nitrogen and oxygen atoms in total. The fourth-order valence-corrected chi connectivity index (χ4v) is 4.44. The van der Waals surface area contributed by atoms with E-state index in [-0.39, 0.29) is 0 Å². The van der Waals surface area contributed by atoms with Crippen molar-refractivity contribution in [3.05, 3.63) is 0 Å². The van der Waals surface area contributed by atoms with Crippen molar-refractivity contribution < 1.29 is 23.9 Å². The van der Waals surface area contributed by atoms with Crippen molar-refractivity contribution in [2.45, 2.75) is 58.3 Å². The molecule has 0 saturated heterocycles. The highest BCUT2D eigenvalue weighted by Gasteiger charge is 2.33. The minimum Gasteiger partial charge on any atom is -0.465 e. The van der Waals surface area contributed by atoms with E-state index in [4.69, 9.17) is 14.0 Å². The van der Waals surface area contributed by atoms with Crippen LogP contribution in [0.4, 0.5) is 4.79 Å². The zero-order valence-electron chi connectivity index (χ0n) is 12.4. The Morgan fingerprint density at radius 1 is 1.26 bits per heavy atom. The lowest BCUT2D eigenvalue weighted by Gasteiger charge is -2.29. The van der Waals surface area contributed by atoms with E-state index in [9.17, 15) is 9.90 Å². The fraction of sp³-hybridized carbons (Fsp3) is 0.917. The van der Waals surface area contributed by atoms with Gasteiger partial charge in [0.2, 0.25) is 0 Å². The molecule has 0 fully saturated rings. The first kappa shape index (κ1) is 18.4. The Hall–Kier alpha value is -0.633. The number of carbonyl (C=O) groups is 1.